The van der Waals surface area contributed by atoms with Crippen LogP contribution in [0.2, 0.25) is 10.2 Å². The molecule has 2 aromatic rings. The van der Waals surface area contributed by atoms with Gasteiger partial charge < -0.3 is 0 Å². The second-order valence-electron chi connectivity index (χ2n) is 2.88. The first-order valence-corrected chi connectivity index (χ1v) is 5.66. The standard InChI is InChI=1S/C10H5BrCl2N2/c11-7-3-1-2-6(4-7)9-5-8(12)10(13)15-14-9/h1-5H. The number of rotatable bonds is 1. The number of hydrogen-bond donors (Lipinski definition) is 0. The average Bonchev–Trinajstić information content (AvgIpc) is 2.22. The first-order chi connectivity index (χ1) is 7.16. The van der Waals surface area contributed by atoms with E-state index in [9.17, 15) is 0 Å². The van der Waals surface area contributed by atoms with Crippen LogP contribution in [0, 0.1) is 0 Å². The highest BCUT2D eigenvalue weighted by molar-refractivity contribution is 9.10. The van der Waals surface area contributed by atoms with Crippen molar-refractivity contribution in [3.05, 3.63) is 45.0 Å². The quantitative estimate of drug-likeness (QED) is 0.788. The van der Waals surface area contributed by atoms with E-state index in [0.717, 1.165) is 10.0 Å². The Balaban J connectivity index is 2.50. The van der Waals surface area contributed by atoms with Crippen molar-refractivity contribution in [2.24, 2.45) is 0 Å². The third-order valence-electron chi connectivity index (χ3n) is 1.83. The monoisotopic (exact) mass is 302 g/mol. The SMILES string of the molecule is Clc1cc(-c2cccc(Br)c2)nnc1Cl. The molecule has 0 aliphatic heterocycles. The number of hydrogen-bond acceptors (Lipinski definition) is 2. The van der Waals surface area contributed by atoms with Crippen molar-refractivity contribution in [2.45, 2.75) is 0 Å². The Morgan fingerprint density at radius 2 is 1.87 bits per heavy atom. The van der Waals surface area contributed by atoms with Gasteiger partial charge in [0.05, 0.1) is 10.7 Å². The second kappa shape index (κ2) is 4.47. The third kappa shape index (κ3) is 2.48. The van der Waals surface area contributed by atoms with Crippen LogP contribution in [0.5, 0.6) is 0 Å². The molecule has 1 aromatic carbocycles. The first-order valence-electron chi connectivity index (χ1n) is 4.11. The molecule has 0 aliphatic carbocycles. The summed E-state index contributed by atoms with van der Waals surface area (Å²) in [5.74, 6) is 0. The summed E-state index contributed by atoms with van der Waals surface area (Å²) >= 11 is 14.9. The molecule has 1 aromatic heterocycles. The van der Waals surface area contributed by atoms with Crippen molar-refractivity contribution >= 4 is 39.1 Å². The van der Waals surface area contributed by atoms with Gasteiger partial charge in [-0.25, -0.2) is 0 Å². The molecule has 1 heterocycles. The van der Waals surface area contributed by atoms with Gasteiger partial charge >= 0.3 is 0 Å². The van der Waals surface area contributed by atoms with Crippen LogP contribution < -0.4 is 0 Å². The van der Waals surface area contributed by atoms with Gasteiger partial charge in [0.1, 0.15) is 0 Å². The molecule has 0 spiro atoms. The van der Waals surface area contributed by atoms with Crippen molar-refractivity contribution in [3.8, 4) is 11.3 Å². The van der Waals surface area contributed by atoms with Crippen LogP contribution in [0.1, 0.15) is 0 Å². The molecule has 0 amide bonds. The Kier molecular flexibility index (Phi) is 3.24. The molecule has 0 N–H and O–H groups in total. The summed E-state index contributed by atoms with van der Waals surface area (Å²) in [6, 6.07) is 9.42. The molecular formula is C10H5BrCl2N2. The minimum atomic E-state index is 0.218. The van der Waals surface area contributed by atoms with E-state index in [0.29, 0.717) is 10.7 Å². The summed E-state index contributed by atoms with van der Waals surface area (Å²) < 4.78 is 0.980. The number of benzene rings is 1. The van der Waals surface area contributed by atoms with Gasteiger partial charge in [-0.3, -0.25) is 0 Å². The van der Waals surface area contributed by atoms with Crippen molar-refractivity contribution in [1.82, 2.24) is 10.2 Å². The van der Waals surface area contributed by atoms with Gasteiger partial charge in [-0.2, -0.15) is 0 Å². The molecule has 15 heavy (non-hydrogen) atoms. The Bertz CT molecular complexity index is 503. The van der Waals surface area contributed by atoms with Crippen LogP contribution in [0.4, 0.5) is 0 Å². The highest BCUT2D eigenvalue weighted by Gasteiger charge is 2.05. The van der Waals surface area contributed by atoms with Crippen molar-refractivity contribution < 1.29 is 0 Å². The highest BCUT2D eigenvalue weighted by atomic mass is 79.9. The summed E-state index contributed by atoms with van der Waals surface area (Å²) in [4.78, 5) is 0. The fourth-order valence-electron chi connectivity index (χ4n) is 1.14. The highest BCUT2D eigenvalue weighted by Crippen LogP contribution is 2.25. The summed E-state index contributed by atoms with van der Waals surface area (Å²) in [7, 11) is 0. The van der Waals surface area contributed by atoms with E-state index in [1.807, 2.05) is 24.3 Å². The van der Waals surface area contributed by atoms with E-state index in [4.69, 9.17) is 23.2 Å². The zero-order valence-electron chi connectivity index (χ0n) is 7.42. The van der Waals surface area contributed by atoms with Gasteiger partial charge in [0, 0.05) is 10.0 Å². The van der Waals surface area contributed by atoms with Gasteiger partial charge in [0.25, 0.3) is 0 Å². The molecule has 0 saturated carbocycles. The molecule has 0 unspecified atom stereocenters. The van der Waals surface area contributed by atoms with Gasteiger partial charge in [0.2, 0.25) is 0 Å². The summed E-state index contributed by atoms with van der Waals surface area (Å²) in [5.41, 5.74) is 1.64. The maximum Gasteiger partial charge on any atom is 0.170 e. The fourth-order valence-corrected chi connectivity index (χ4v) is 1.78. The van der Waals surface area contributed by atoms with E-state index < -0.39 is 0 Å². The summed E-state index contributed by atoms with van der Waals surface area (Å²) in [6.45, 7) is 0. The molecule has 0 aliphatic rings. The molecule has 2 rings (SSSR count). The molecule has 0 radical (unpaired) electrons. The zero-order valence-corrected chi connectivity index (χ0v) is 10.5. The Morgan fingerprint density at radius 3 is 2.53 bits per heavy atom. The van der Waals surface area contributed by atoms with Gasteiger partial charge in [0.15, 0.2) is 5.15 Å². The number of halogens is 3. The molecule has 0 saturated heterocycles. The first kappa shape index (κ1) is 10.9. The Labute approximate surface area is 105 Å². The predicted molar refractivity (Wildman–Crippen MR) is 65.2 cm³/mol. The smallest absolute Gasteiger partial charge is 0.149 e. The second-order valence-corrected chi connectivity index (χ2v) is 4.56. The Hall–Kier alpha value is -0.640. The molecule has 0 atom stereocenters. The normalized spacial score (nSPS) is 10.3. The molecule has 0 fully saturated rings. The van der Waals surface area contributed by atoms with Crippen LogP contribution in [0.3, 0.4) is 0 Å². The van der Waals surface area contributed by atoms with E-state index in [1.165, 1.54) is 0 Å². The van der Waals surface area contributed by atoms with Crippen molar-refractivity contribution in [1.29, 1.82) is 0 Å². The molecule has 0 bridgehead atoms. The van der Waals surface area contributed by atoms with Crippen molar-refractivity contribution in [3.63, 3.8) is 0 Å². The lowest BCUT2D eigenvalue weighted by Gasteiger charge is -2.01. The molecule has 76 valence electrons. The minimum absolute atomic E-state index is 0.218. The van der Waals surface area contributed by atoms with E-state index in [1.54, 1.807) is 6.07 Å². The van der Waals surface area contributed by atoms with Crippen LogP contribution in [-0.4, -0.2) is 10.2 Å². The lowest BCUT2D eigenvalue weighted by Crippen LogP contribution is -1.88. The lowest BCUT2D eigenvalue weighted by molar-refractivity contribution is 1.04. The van der Waals surface area contributed by atoms with Gasteiger partial charge in [-0.05, 0) is 18.2 Å². The van der Waals surface area contributed by atoms with Crippen LogP contribution >= 0.6 is 39.1 Å². The van der Waals surface area contributed by atoms with Gasteiger partial charge in [-0.1, -0.05) is 51.3 Å². The van der Waals surface area contributed by atoms with Crippen molar-refractivity contribution in [2.75, 3.05) is 0 Å². The van der Waals surface area contributed by atoms with Crippen LogP contribution in [0.25, 0.3) is 11.3 Å². The fraction of sp³-hybridized carbons (Fsp3) is 0. The minimum Gasteiger partial charge on any atom is -0.149 e. The maximum absolute atomic E-state index is 5.86. The molecule has 5 heteroatoms. The van der Waals surface area contributed by atoms with E-state index >= 15 is 0 Å². The maximum atomic E-state index is 5.86. The zero-order chi connectivity index (χ0) is 10.8. The Morgan fingerprint density at radius 1 is 1.07 bits per heavy atom. The third-order valence-corrected chi connectivity index (χ3v) is 2.98. The molecule has 2 nitrogen and oxygen atoms in total. The number of aromatic nitrogens is 2. The number of nitrogens with zero attached hydrogens (tertiary/aromatic N) is 2. The largest absolute Gasteiger partial charge is 0.170 e. The topological polar surface area (TPSA) is 25.8 Å². The lowest BCUT2D eigenvalue weighted by atomic mass is 10.1. The van der Waals surface area contributed by atoms with Gasteiger partial charge in [-0.15, -0.1) is 10.2 Å². The van der Waals surface area contributed by atoms with Crippen LogP contribution in [0.15, 0.2) is 34.8 Å². The molecular weight excluding hydrogens is 299 g/mol. The summed E-state index contributed by atoms with van der Waals surface area (Å²) in [6.07, 6.45) is 0. The van der Waals surface area contributed by atoms with E-state index in [2.05, 4.69) is 26.1 Å². The van der Waals surface area contributed by atoms with Crippen LogP contribution in [-0.2, 0) is 0 Å². The predicted octanol–water partition coefficient (Wildman–Crippen LogP) is 4.21. The summed E-state index contributed by atoms with van der Waals surface area (Å²) in [5, 5.41) is 8.34. The van der Waals surface area contributed by atoms with E-state index in [-0.39, 0.29) is 5.15 Å². The average molecular weight is 304 g/mol.